The maximum absolute atomic E-state index is 4.19. The van der Waals surface area contributed by atoms with Crippen LogP contribution in [0.2, 0.25) is 0 Å². The summed E-state index contributed by atoms with van der Waals surface area (Å²) in [5.41, 5.74) is 0. The van der Waals surface area contributed by atoms with Crippen molar-refractivity contribution in [3.63, 3.8) is 0 Å². The number of hydrogen-bond donors (Lipinski definition) is 0. The molecule has 1 aromatic heterocycles. The number of aryl methyl sites for hydroxylation is 1. The molecule has 0 unspecified atom stereocenters. The molecule has 1 aromatic rings. The Morgan fingerprint density at radius 3 is 2.50 bits per heavy atom. The van der Waals surface area contributed by atoms with Crippen molar-refractivity contribution in [1.82, 2.24) is 19.7 Å². The van der Waals surface area contributed by atoms with Crippen molar-refractivity contribution in [3.05, 3.63) is 11.6 Å². The van der Waals surface area contributed by atoms with Crippen LogP contribution in [0.4, 0.5) is 0 Å². The maximum Gasteiger partial charge on any atom is 0.147 e. The summed E-state index contributed by atoms with van der Waals surface area (Å²) in [4.78, 5) is 2.45. The topological polar surface area (TPSA) is 34.0 Å². The van der Waals surface area contributed by atoms with E-state index in [0.29, 0.717) is 0 Å². The average Bonchev–Trinajstić information content (AvgIpc) is 2.62. The molecule has 0 amide bonds. The van der Waals surface area contributed by atoms with Gasteiger partial charge in [-0.3, -0.25) is 4.90 Å². The zero-order valence-corrected chi connectivity index (χ0v) is 11.2. The molecule has 1 aliphatic heterocycles. The number of nitrogens with zero attached hydrogens (tertiary/aromatic N) is 4. The van der Waals surface area contributed by atoms with Crippen LogP contribution in [0.25, 0.3) is 0 Å². The predicted molar refractivity (Wildman–Crippen MR) is 66.2 cm³/mol. The van der Waals surface area contributed by atoms with Gasteiger partial charge in [-0.25, -0.2) is 0 Å². The average molecular weight is 224 g/mol. The molecule has 0 aromatic carbocycles. The van der Waals surface area contributed by atoms with Crippen LogP contribution in [-0.2, 0) is 13.1 Å². The molecule has 92 valence electrons. The molecule has 4 heteroatoms. The zero-order chi connectivity index (χ0) is 12.1. The second-order valence-electron chi connectivity index (χ2n) is 4.44. The van der Waals surface area contributed by atoms with Crippen LogP contribution < -0.4 is 0 Å². The predicted octanol–water partition coefficient (Wildman–Crippen LogP) is 2.08. The minimum atomic E-state index is 0.727. The van der Waals surface area contributed by atoms with Crippen LogP contribution >= 0.6 is 0 Å². The third-order valence-corrected chi connectivity index (χ3v) is 2.64. The first kappa shape index (κ1) is 13.2. The molecule has 0 fully saturated rings. The van der Waals surface area contributed by atoms with E-state index in [1.165, 1.54) is 0 Å². The fourth-order valence-electron chi connectivity index (χ4n) is 2.03. The van der Waals surface area contributed by atoms with Gasteiger partial charge >= 0.3 is 0 Å². The molecule has 0 spiro atoms. The van der Waals surface area contributed by atoms with Crippen LogP contribution in [0.1, 0.15) is 39.3 Å². The van der Waals surface area contributed by atoms with Gasteiger partial charge in [0.15, 0.2) is 0 Å². The molecule has 0 saturated heterocycles. The molecule has 0 bridgehead atoms. The van der Waals surface area contributed by atoms with Crippen molar-refractivity contribution in [2.75, 3.05) is 13.1 Å². The molecule has 16 heavy (non-hydrogen) atoms. The molecule has 1 aliphatic rings. The van der Waals surface area contributed by atoms with E-state index in [9.17, 15) is 0 Å². The largest absolute Gasteiger partial charge is 0.313 e. The van der Waals surface area contributed by atoms with Crippen molar-refractivity contribution < 1.29 is 0 Å². The van der Waals surface area contributed by atoms with Gasteiger partial charge in [-0.15, -0.1) is 10.2 Å². The second-order valence-corrected chi connectivity index (χ2v) is 4.44. The number of fused-ring (bicyclic) bond motifs is 1. The highest BCUT2D eigenvalue weighted by Gasteiger charge is 2.19. The summed E-state index contributed by atoms with van der Waals surface area (Å²) in [6.07, 6.45) is 0. The molecule has 0 saturated carbocycles. The number of rotatable bonds is 2. The Bertz CT molecular complexity index is 317. The number of hydrogen-bond acceptors (Lipinski definition) is 3. The van der Waals surface area contributed by atoms with Crippen molar-refractivity contribution in [2.45, 2.75) is 47.7 Å². The molecule has 0 N–H and O–H groups in total. The highest BCUT2D eigenvalue weighted by Crippen LogP contribution is 2.12. The minimum Gasteiger partial charge on any atom is -0.313 e. The van der Waals surface area contributed by atoms with Gasteiger partial charge in [0.1, 0.15) is 11.6 Å². The Labute approximate surface area is 98.7 Å². The summed E-state index contributed by atoms with van der Waals surface area (Å²) in [7, 11) is 0. The van der Waals surface area contributed by atoms with Gasteiger partial charge in [-0.05, 0) is 12.8 Å². The van der Waals surface area contributed by atoms with Gasteiger partial charge < -0.3 is 4.57 Å². The summed E-state index contributed by atoms with van der Waals surface area (Å²) in [5.74, 6) is 2.89. The lowest BCUT2D eigenvalue weighted by Crippen LogP contribution is -2.36. The molecule has 0 radical (unpaired) electrons. The van der Waals surface area contributed by atoms with Gasteiger partial charge in [0.05, 0.1) is 6.54 Å². The van der Waals surface area contributed by atoms with Crippen molar-refractivity contribution in [3.8, 4) is 0 Å². The summed E-state index contributed by atoms with van der Waals surface area (Å²) in [6.45, 7) is 14.8. The SMILES string of the molecule is CC.Cc1nnc2n1CCN(CC(C)C)C2. The first-order valence-electron chi connectivity index (χ1n) is 6.28. The van der Waals surface area contributed by atoms with Crippen LogP contribution in [0.5, 0.6) is 0 Å². The fourth-order valence-corrected chi connectivity index (χ4v) is 2.03. The number of aromatic nitrogens is 3. The lowest BCUT2D eigenvalue weighted by molar-refractivity contribution is 0.194. The summed E-state index contributed by atoms with van der Waals surface area (Å²) in [5, 5.41) is 8.28. The molecular formula is C12H24N4. The van der Waals surface area contributed by atoms with E-state index in [1.807, 2.05) is 20.8 Å². The van der Waals surface area contributed by atoms with Gasteiger partial charge in [0.2, 0.25) is 0 Å². The molecule has 0 atom stereocenters. The smallest absolute Gasteiger partial charge is 0.147 e. The lowest BCUT2D eigenvalue weighted by atomic mass is 10.2. The molecule has 0 aliphatic carbocycles. The monoisotopic (exact) mass is 224 g/mol. The van der Waals surface area contributed by atoms with E-state index in [-0.39, 0.29) is 0 Å². The summed E-state index contributed by atoms with van der Waals surface area (Å²) >= 11 is 0. The van der Waals surface area contributed by atoms with E-state index < -0.39 is 0 Å². The van der Waals surface area contributed by atoms with Crippen molar-refractivity contribution in [2.24, 2.45) is 5.92 Å². The zero-order valence-electron chi connectivity index (χ0n) is 11.2. The molecule has 2 heterocycles. The molecular weight excluding hydrogens is 200 g/mol. The van der Waals surface area contributed by atoms with E-state index in [0.717, 1.165) is 43.7 Å². The van der Waals surface area contributed by atoms with E-state index >= 15 is 0 Å². The fraction of sp³-hybridized carbons (Fsp3) is 0.833. The Kier molecular flexibility index (Phi) is 4.93. The Balaban J connectivity index is 0.000000606. The molecule has 4 nitrogen and oxygen atoms in total. The highest BCUT2D eigenvalue weighted by molar-refractivity contribution is 4.97. The first-order valence-corrected chi connectivity index (χ1v) is 6.28. The van der Waals surface area contributed by atoms with Gasteiger partial charge in [-0.2, -0.15) is 0 Å². The standard InChI is InChI=1S/C10H18N4.C2H6/c1-8(2)6-13-4-5-14-9(3)11-12-10(14)7-13;1-2/h8H,4-7H2,1-3H3;1-2H3. The van der Waals surface area contributed by atoms with Crippen LogP contribution in [0.3, 0.4) is 0 Å². The second kappa shape index (κ2) is 5.99. The molecule has 2 rings (SSSR count). The van der Waals surface area contributed by atoms with E-state index in [4.69, 9.17) is 0 Å². The third kappa shape index (κ3) is 3.04. The van der Waals surface area contributed by atoms with Gasteiger partial charge in [0.25, 0.3) is 0 Å². The highest BCUT2D eigenvalue weighted by atomic mass is 15.3. The summed E-state index contributed by atoms with van der Waals surface area (Å²) in [6, 6.07) is 0. The van der Waals surface area contributed by atoms with Crippen LogP contribution in [0, 0.1) is 12.8 Å². The Morgan fingerprint density at radius 2 is 1.88 bits per heavy atom. The van der Waals surface area contributed by atoms with Crippen molar-refractivity contribution >= 4 is 0 Å². The van der Waals surface area contributed by atoms with E-state index in [2.05, 4.69) is 33.5 Å². The maximum atomic E-state index is 4.19. The normalized spacial score (nSPS) is 15.6. The van der Waals surface area contributed by atoms with Gasteiger partial charge in [-0.1, -0.05) is 27.7 Å². The van der Waals surface area contributed by atoms with Crippen LogP contribution in [0.15, 0.2) is 0 Å². The Hall–Kier alpha value is -0.900. The lowest BCUT2D eigenvalue weighted by Gasteiger charge is -2.28. The Morgan fingerprint density at radius 1 is 1.19 bits per heavy atom. The minimum absolute atomic E-state index is 0.727. The third-order valence-electron chi connectivity index (χ3n) is 2.64. The van der Waals surface area contributed by atoms with Crippen LogP contribution in [-0.4, -0.2) is 32.8 Å². The first-order chi connectivity index (χ1) is 7.66. The van der Waals surface area contributed by atoms with E-state index in [1.54, 1.807) is 0 Å². The summed E-state index contributed by atoms with van der Waals surface area (Å²) < 4.78 is 2.22. The quantitative estimate of drug-likeness (QED) is 0.771. The van der Waals surface area contributed by atoms with Crippen molar-refractivity contribution in [1.29, 1.82) is 0 Å². The van der Waals surface area contributed by atoms with Gasteiger partial charge in [0, 0.05) is 19.6 Å².